The molecule has 0 fully saturated rings. The third-order valence-corrected chi connectivity index (χ3v) is 7.99. The van der Waals surface area contributed by atoms with E-state index in [9.17, 15) is 15.0 Å². The first-order valence-electron chi connectivity index (χ1n) is 14.5. The Kier molecular flexibility index (Phi) is 8.61. The fraction of sp³-hybridized carbons (Fsp3) is 0.333. The number of amides is 1. The Hall–Kier alpha value is -4.54. The molecule has 3 N–H and O–H groups in total. The van der Waals surface area contributed by atoms with E-state index >= 15 is 0 Å². The van der Waals surface area contributed by atoms with Crippen LogP contribution >= 0.6 is 0 Å². The number of benzene rings is 2. The number of likely N-dealkylation sites (N-methyl/N-ethyl adjacent to an activating group) is 1. The highest BCUT2D eigenvalue weighted by molar-refractivity contribution is 5.97. The number of aliphatic hydroxyl groups is 2. The van der Waals surface area contributed by atoms with Crippen LogP contribution in [0.25, 0.3) is 28.2 Å². The highest BCUT2D eigenvalue weighted by atomic mass is 16.3. The minimum atomic E-state index is -0.746. The topological polar surface area (TPSA) is 121 Å². The van der Waals surface area contributed by atoms with E-state index in [0.29, 0.717) is 35.7 Å². The molecule has 0 aliphatic carbocycles. The maximum absolute atomic E-state index is 13.3. The Morgan fingerprint density at radius 1 is 1.12 bits per heavy atom. The summed E-state index contributed by atoms with van der Waals surface area (Å²) in [6.45, 7) is 7.94. The van der Waals surface area contributed by atoms with E-state index in [2.05, 4.69) is 22.4 Å². The molecule has 1 amide bonds. The van der Waals surface area contributed by atoms with Crippen LogP contribution in [-0.2, 0) is 13.6 Å². The highest BCUT2D eigenvalue weighted by Crippen LogP contribution is 2.32. The lowest BCUT2D eigenvalue weighted by Crippen LogP contribution is -2.37. The largest absolute Gasteiger partial charge is 0.394 e. The van der Waals surface area contributed by atoms with E-state index in [-0.39, 0.29) is 18.6 Å². The van der Waals surface area contributed by atoms with Crippen LogP contribution in [0.2, 0.25) is 0 Å². The molecular formula is C33H39N7O3. The molecule has 5 rings (SSSR count). The van der Waals surface area contributed by atoms with Crippen molar-refractivity contribution in [2.75, 3.05) is 19.0 Å². The average Bonchev–Trinajstić information content (AvgIpc) is 3.60. The fourth-order valence-electron chi connectivity index (χ4n) is 5.16. The van der Waals surface area contributed by atoms with E-state index in [0.717, 1.165) is 39.3 Å². The Bertz CT molecular complexity index is 1770. The molecule has 224 valence electrons. The van der Waals surface area contributed by atoms with Crippen molar-refractivity contribution in [3.8, 4) is 22.5 Å². The van der Waals surface area contributed by atoms with E-state index in [1.165, 1.54) is 0 Å². The van der Waals surface area contributed by atoms with Crippen LogP contribution < -0.4 is 5.32 Å². The number of aliphatic hydroxyl groups excluding tert-OH is 2. The number of imidazole rings is 1. The molecule has 0 bridgehead atoms. The molecular weight excluding hydrogens is 542 g/mol. The summed E-state index contributed by atoms with van der Waals surface area (Å²) in [6, 6.07) is 15.5. The molecule has 10 heteroatoms. The zero-order valence-corrected chi connectivity index (χ0v) is 25.5. The van der Waals surface area contributed by atoms with Crippen molar-refractivity contribution in [2.45, 2.75) is 52.8 Å². The second-order valence-electron chi connectivity index (χ2n) is 11.1. The van der Waals surface area contributed by atoms with Crippen LogP contribution in [0.1, 0.15) is 59.2 Å². The van der Waals surface area contributed by atoms with Crippen molar-refractivity contribution in [2.24, 2.45) is 7.05 Å². The third kappa shape index (κ3) is 5.89. The summed E-state index contributed by atoms with van der Waals surface area (Å²) < 4.78 is 3.75. The Balaban J connectivity index is 1.55. The number of aryl methyl sites for hydroxylation is 3. The first kappa shape index (κ1) is 29.9. The normalized spacial score (nSPS) is 12.8. The van der Waals surface area contributed by atoms with Gasteiger partial charge in [0, 0.05) is 55.8 Å². The summed E-state index contributed by atoms with van der Waals surface area (Å²) in [5.74, 6) is 1.42. The SMILES string of the molecule is CCC(O)c1cc(NCc2cccc(-c3nccn3C)c2)n2nc(C)c(-c3ccc(C)c(C(=O)N(C)[C@@H](C)CO)c3)c2n1. The van der Waals surface area contributed by atoms with Gasteiger partial charge >= 0.3 is 0 Å². The van der Waals surface area contributed by atoms with E-state index in [1.807, 2.05) is 75.0 Å². The van der Waals surface area contributed by atoms with Crippen molar-refractivity contribution in [1.29, 1.82) is 0 Å². The van der Waals surface area contributed by atoms with Crippen molar-refractivity contribution in [3.05, 3.63) is 89.0 Å². The smallest absolute Gasteiger partial charge is 0.254 e. The number of nitrogens with one attached hydrogen (secondary N) is 1. The first-order valence-corrected chi connectivity index (χ1v) is 14.5. The first-order chi connectivity index (χ1) is 20.6. The molecule has 0 radical (unpaired) electrons. The molecule has 3 heterocycles. The molecule has 0 aliphatic heterocycles. The van der Waals surface area contributed by atoms with Gasteiger partial charge in [-0.3, -0.25) is 4.79 Å². The van der Waals surface area contributed by atoms with Gasteiger partial charge in [0.15, 0.2) is 5.65 Å². The molecule has 2 aromatic carbocycles. The van der Waals surface area contributed by atoms with Gasteiger partial charge in [0.05, 0.1) is 30.1 Å². The minimum Gasteiger partial charge on any atom is -0.394 e. The van der Waals surface area contributed by atoms with Gasteiger partial charge in [-0.05, 0) is 56.0 Å². The molecule has 1 unspecified atom stereocenters. The van der Waals surface area contributed by atoms with Gasteiger partial charge in [0.2, 0.25) is 0 Å². The standard InChI is InChI=1S/C33H39N7O3/c1-7-28(42)27-17-29(35-18-23-9-8-10-25(15-23)31-34-13-14-38(31)5)40-32(36-27)30(22(4)37-40)24-12-11-20(2)26(16-24)33(43)39(6)21(3)19-41/h8-17,21,28,35,41-42H,7,18-19H2,1-6H3/t21-,28?/m0/s1. The summed E-state index contributed by atoms with van der Waals surface area (Å²) >= 11 is 0. The number of hydrogen-bond acceptors (Lipinski definition) is 7. The van der Waals surface area contributed by atoms with Crippen LogP contribution in [0, 0.1) is 13.8 Å². The highest BCUT2D eigenvalue weighted by Gasteiger charge is 2.23. The van der Waals surface area contributed by atoms with Crippen LogP contribution in [0.3, 0.4) is 0 Å². The molecule has 43 heavy (non-hydrogen) atoms. The second-order valence-corrected chi connectivity index (χ2v) is 11.1. The third-order valence-electron chi connectivity index (χ3n) is 7.99. The number of carbonyl (C=O) groups is 1. The predicted octanol–water partition coefficient (Wildman–Crippen LogP) is 4.92. The number of hydrogen-bond donors (Lipinski definition) is 3. The maximum atomic E-state index is 13.3. The summed E-state index contributed by atoms with van der Waals surface area (Å²) in [5.41, 5.74) is 6.94. The van der Waals surface area contributed by atoms with E-state index in [4.69, 9.17) is 10.1 Å². The zero-order chi connectivity index (χ0) is 30.8. The quantitative estimate of drug-likeness (QED) is 0.214. The number of aromatic nitrogens is 5. The van der Waals surface area contributed by atoms with Gasteiger partial charge < -0.3 is 25.0 Å². The van der Waals surface area contributed by atoms with Crippen LogP contribution in [-0.4, -0.2) is 64.9 Å². The Labute approximate surface area is 251 Å². The number of carbonyl (C=O) groups excluding carboxylic acids is 1. The number of anilines is 1. The van der Waals surface area contributed by atoms with Crippen LogP contribution in [0.5, 0.6) is 0 Å². The van der Waals surface area contributed by atoms with Gasteiger partial charge in [-0.15, -0.1) is 0 Å². The van der Waals surface area contributed by atoms with Gasteiger partial charge in [-0.1, -0.05) is 37.3 Å². The Morgan fingerprint density at radius 3 is 2.60 bits per heavy atom. The van der Waals surface area contributed by atoms with Gasteiger partial charge in [0.25, 0.3) is 5.91 Å². The molecule has 0 saturated carbocycles. The van der Waals surface area contributed by atoms with E-state index < -0.39 is 6.10 Å². The lowest BCUT2D eigenvalue weighted by Gasteiger charge is -2.24. The summed E-state index contributed by atoms with van der Waals surface area (Å²) in [5, 5.41) is 28.8. The predicted molar refractivity (Wildman–Crippen MR) is 168 cm³/mol. The van der Waals surface area contributed by atoms with E-state index in [1.54, 1.807) is 29.6 Å². The van der Waals surface area contributed by atoms with Crippen molar-refractivity contribution in [3.63, 3.8) is 0 Å². The molecule has 3 aromatic heterocycles. The molecule has 0 saturated heterocycles. The van der Waals surface area contributed by atoms with Gasteiger partial charge in [-0.2, -0.15) is 9.61 Å². The zero-order valence-electron chi connectivity index (χ0n) is 25.5. The summed E-state index contributed by atoms with van der Waals surface area (Å²) in [4.78, 5) is 24.2. The molecule has 0 spiro atoms. The van der Waals surface area contributed by atoms with Gasteiger partial charge in [0.1, 0.15) is 11.6 Å². The van der Waals surface area contributed by atoms with Crippen molar-refractivity contribution >= 4 is 17.4 Å². The maximum Gasteiger partial charge on any atom is 0.254 e. The second kappa shape index (κ2) is 12.4. The molecule has 2 atom stereocenters. The number of rotatable bonds is 10. The average molecular weight is 582 g/mol. The molecule has 10 nitrogen and oxygen atoms in total. The molecule has 0 aliphatic rings. The van der Waals surface area contributed by atoms with Crippen molar-refractivity contribution < 1.29 is 15.0 Å². The van der Waals surface area contributed by atoms with Crippen molar-refractivity contribution in [1.82, 2.24) is 29.0 Å². The summed E-state index contributed by atoms with van der Waals surface area (Å²) in [6.07, 6.45) is 3.47. The minimum absolute atomic E-state index is 0.121. The lowest BCUT2D eigenvalue weighted by atomic mass is 9.98. The Morgan fingerprint density at radius 2 is 1.91 bits per heavy atom. The number of nitrogens with zero attached hydrogens (tertiary/aromatic N) is 6. The number of fused-ring (bicyclic) bond motifs is 1. The monoisotopic (exact) mass is 581 g/mol. The van der Waals surface area contributed by atoms with Gasteiger partial charge in [-0.25, -0.2) is 9.97 Å². The summed E-state index contributed by atoms with van der Waals surface area (Å²) in [7, 11) is 3.67. The lowest BCUT2D eigenvalue weighted by molar-refractivity contribution is 0.0681. The fourth-order valence-corrected chi connectivity index (χ4v) is 5.16. The van der Waals surface area contributed by atoms with Crippen LogP contribution in [0.15, 0.2) is 60.9 Å². The molecule has 5 aromatic rings. The van der Waals surface area contributed by atoms with Crippen LogP contribution in [0.4, 0.5) is 5.82 Å².